The van der Waals surface area contributed by atoms with Crippen LogP contribution in [0.2, 0.25) is 0 Å². The third-order valence-electron chi connectivity index (χ3n) is 3.84. The minimum absolute atomic E-state index is 0.150. The molecule has 0 aliphatic rings. The van der Waals surface area contributed by atoms with Crippen LogP contribution >= 0.6 is 11.6 Å². The highest BCUT2D eigenvalue weighted by Gasteiger charge is 2.03. The van der Waals surface area contributed by atoms with E-state index in [2.05, 4.69) is 0 Å². The molecule has 3 heteroatoms. The predicted molar refractivity (Wildman–Crippen MR) is 97.4 cm³/mol. The van der Waals surface area contributed by atoms with Crippen molar-refractivity contribution in [2.45, 2.75) is 5.88 Å². The van der Waals surface area contributed by atoms with Crippen LogP contribution in [0.15, 0.2) is 78.9 Å². The Morgan fingerprint density at radius 2 is 1.17 bits per heavy atom. The molecule has 0 aliphatic carbocycles. The Labute approximate surface area is 144 Å². The van der Waals surface area contributed by atoms with Crippen molar-refractivity contribution in [2.24, 2.45) is 0 Å². The summed E-state index contributed by atoms with van der Waals surface area (Å²) in [7, 11) is 0. The molecule has 0 nitrogen and oxygen atoms in total. The second kappa shape index (κ2) is 7.41. The minimum atomic E-state index is -0.190. The van der Waals surface area contributed by atoms with Crippen LogP contribution in [0.3, 0.4) is 0 Å². The van der Waals surface area contributed by atoms with Gasteiger partial charge >= 0.3 is 0 Å². The van der Waals surface area contributed by atoms with E-state index in [1.54, 1.807) is 24.3 Å². The topological polar surface area (TPSA) is 0 Å². The predicted octanol–water partition coefficient (Wildman–Crippen LogP) is 6.70. The minimum Gasteiger partial charge on any atom is -0.206 e. The summed E-state index contributed by atoms with van der Waals surface area (Å²) in [5.41, 5.74) is 0.971. The van der Waals surface area contributed by atoms with Gasteiger partial charge in [-0.25, -0.2) is 8.78 Å². The van der Waals surface area contributed by atoms with Crippen molar-refractivity contribution in [1.29, 1.82) is 0 Å². The van der Waals surface area contributed by atoms with Gasteiger partial charge in [0.2, 0.25) is 0 Å². The summed E-state index contributed by atoms with van der Waals surface area (Å²) < 4.78 is 26.2. The van der Waals surface area contributed by atoms with Crippen molar-refractivity contribution in [2.75, 3.05) is 0 Å². The van der Waals surface area contributed by atoms with Crippen LogP contribution in [0.5, 0.6) is 0 Å². The zero-order valence-corrected chi connectivity index (χ0v) is 13.6. The highest BCUT2D eigenvalue weighted by molar-refractivity contribution is 6.18. The van der Waals surface area contributed by atoms with Crippen molar-refractivity contribution >= 4 is 33.1 Å². The summed E-state index contributed by atoms with van der Waals surface area (Å²) in [6.45, 7) is 0. The first-order chi connectivity index (χ1) is 11.7. The molecule has 0 N–H and O–H groups in total. The zero-order chi connectivity index (χ0) is 16.9. The standard InChI is InChI=1S/C11H8ClF.C10H7F/c12-7-8-5-6-11(13)10-4-2-1-3-9(8)10;11-10-7-3-5-8-4-1-2-6-9(8)10/h1-6H,7H2;1-7H. The number of halogens is 3. The molecule has 0 bridgehead atoms. The lowest BCUT2D eigenvalue weighted by molar-refractivity contribution is 0.639. The Morgan fingerprint density at radius 3 is 1.88 bits per heavy atom. The number of fused-ring (bicyclic) bond motifs is 2. The summed E-state index contributed by atoms with van der Waals surface area (Å²) in [6, 6.07) is 23.1. The molecule has 0 aromatic heterocycles. The number of hydrogen-bond acceptors (Lipinski definition) is 0. The van der Waals surface area contributed by atoms with Crippen LogP contribution in [0.1, 0.15) is 5.56 Å². The van der Waals surface area contributed by atoms with Crippen LogP contribution in [-0.2, 0) is 5.88 Å². The fourth-order valence-electron chi connectivity index (χ4n) is 2.63. The Kier molecular flexibility index (Phi) is 5.07. The summed E-state index contributed by atoms with van der Waals surface area (Å²) in [6.07, 6.45) is 0. The highest BCUT2D eigenvalue weighted by atomic mass is 35.5. The van der Waals surface area contributed by atoms with E-state index in [9.17, 15) is 8.78 Å². The van der Waals surface area contributed by atoms with Gasteiger partial charge in [0.05, 0.1) is 0 Å². The molecule has 0 spiro atoms. The molecule has 120 valence electrons. The molecular formula is C21H15ClF2. The lowest BCUT2D eigenvalue weighted by atomic mass is 10.1. The van der Waals surface area contributed by atoms with E-state index in [1.807, 2.05) is 42.5 Å². The molecule has 0 unspecified atom stereocenters. The van der Waals surface area contributed by atoms with E-state index in [-0.39, 0.29) is 11.6 Å². The van der Waals surface area contributed by atoms with Crippen LogP contribution in [0.4, 0.5) is 8.78 Å². The molecule has 0 amide bonds. The van der Waals surface area contributed by atoms with E-state index in [4.69, 9.17) is 11.6 Å². The quantitative estimate of drug-likeness (QED) is 0.338. The largest absolute Gasteiger partial charge is 0.206 e. The third kappa shape index (κ3) is 3.39. The van der Waals surface area contributed by atoms with Crippen LogP contribution < -0.4 is 0 Å². The van der Waals surface area contributed by atoms with Gasteiger partial charge in [-0.1, -0.05) is 66.7 Å². The number of hydrogen-bond donors (Lipinski definition) is 0. The Morgan fingerprint density at radius 1 is 0.583 bits per heavy atom. The Bertz CT molecular complexity index is 974. The smallest absolute Gasteiger partial charge is 0.131 e. The van der Waals surface area contributed by atoms with Gasteiger partial charge in [-0.3, -0.25) is 0 Å². The molecule has 0 heterocycles. The molecule has 4 aromatic carbocycles. The first-order valence-corrected chi connectivity index (χ1v) is 8.09. The molecule has 0 atom stereocenters. The molecule has 0 saturated carbocycles. The second-order valence-corrected chi connectivity index (χ2v) is 5.61. The molecule has 0 radical (unpaired) electrons. The van der Waals surface area contributed by atoms with Crippen LogP contribution in [0, 0.1) is 11.6 Å². The number of benzene rings is 4. The van der Waals surface area contributed by atoms with E-state index in [1.165, 1.54) is 12.1 Å². The van der Waals surface area contributed by atoms with Crippen molar-refractivity contribution in [3.63, 3.8) is 0 Å². The second-order valence-electron chi connectivity index (χ2n) is 5.35. The maximum Gasteiger partial charge on any atom is 0.131 e. The maximum atomic E-state index is 13.3. The average molecular weight is 341 g/mol. The Hall–Kier alpha value is -2.45. The van der Waals surface area contributed by atoms with Crippen molar-refractivity contribution in [1.82, 2.24) is 0 Å². The maximum absolute atomic E-state index is 13.3. The molecule has 4 aromatic rings. The summed E-state index contributed by atoms with van der Waals surface area (Å²) in [5, 5.41) is 3.18. The summed E-state index contributed by atoms with van der Waals surface area (Å²) in [4.78, 5) is 0. The summed E-state index contributed by atoms with van der Waals surface area (Å²) in [5.74, 6) is 0.0772. The molecule has 4 rings (SSSR count). The van der Waals surface area contributed by atoms with Crippen LogP contribution in [-0.4, -0.2) is 0 Å². The highest BCUT2D eigenvalue weighted by Crippen LogP contribution is 2.22. The fraction of sp³-hybridized carbons (Fsp3) is 0.0476. The summed E-state index contributed by atoms with van der Waals surface area (Å²) >= 11 is 5.74. The molecule has 0 saturated heterocycles. The van der Waals surface area contributed by atoms with Crippen molar-refractivity contribution in [3.05, 3.63) is 96.1 Å². The lowest BCUT2D eigenvalue weighted by Crippen LogP contribution is -1.85. The number of alkyl halides is 1. The van der Waals surface area contributed by atoms with Gasteiger partial charge in [0.1, 0.15) is 11.6 Å². The zero-order valence-electron chi connectivity index (χ0n) is 12.8. The average Bonchev–Trinajstić information content (AvgIpc) is 2.63. The third-order valence-corrected chi connectivity index (χ3v) is 4.13. The van der Waals surface area contributed by atoms with Gasteiger partial charge in [0.25, 0.3) is 0 Å². The van der Waals surface area contributed by atoms with E-state index in [0.29, 0.717) is 16.7 Å². The van der Waals surface area contributed by atoms with E-state index < -0.39 is 0 Å². The molecule has 24 heavy (non-hydrogen) atoms. The van der Waals surface area contributed by atoms with Gasteiger partial charge < -0.3 is 0 Å². The van der Waals surface area contributed by atoms with E-state index in [0.717, 1.165) is 16.3 Å². The van der Waals surface area contributed by atoms with Gasteiger partial charge in [-0.05, 0) is 28.5 Å². The number of rotatable bonds is 1. The monoisotopic (exact) mass is 340 g/mol. The van der Waals surface area contributed by atoms with Gasteiger partial charge in [-0.15, -0.1) is 11.6 Å². The van der Waals surface area contributed by atoms with Crippen molar-refractivity contribution < 1.29 is 8.78 Å². The lowest BCUT2D eigenvalue weighted by Gasteiger charge is -2.03. The molecule has 0 fully saturated rings. The van der Waals surface area contributed by atoms with Gasteiger partial charge in [-0.2, -0.15) is 0 Å². The van der Waals surface area contributed by atoms with Crippen molar-refractivity contribution in [3.8, 4) is 0 Å². The molecular weight excluding hydrogens is 326 g/mol. The Balaban J connectivity index is 0.000000143. The first kappa shape index (κ1) is 16.4. The SMILES string of the molecule is Fc1ccc(CCl)c2ccccc12.Fc1cccc2ccccc12. The first-order valence-electron chi connectivity index (χ1n) is 7.56. The van der Waals surface area contributed by atoms with Crippen LogP contribution in [0.25, 0.3) is 21.5 Å². The van der Waals surface area contributed by atoms with Gasteiger partial charge in [0.15, 0.2) is 0 Å². The fourth-order valence-corrected chi connectivity index (χ4v) is 2.86. The normalized spacial score (nSPS) is 10.5. The molecule has 0 aliphatic heterocycles. The van der Waals surface area contributed by atoms with E-state index >= 15 is 0 Å². The van der Waals surface area contributed by atoms with Gasteiger partial charge in [0, 0.05) is 16.7 Å².